The van der Waals surface area contributed by atoms with E-state index in [2.05, 4.69) is 4.74 Å². The Labute approximate surface area is 206 Å². The van der Waals surface area contributed by atoms with E-state index >= 15 is 0 Å². The molecule has 0 saturated carbocycles. The quantitative estimate of drug-likeness (QED) is 0.281. The molecule has 2 unspecified atom stereocenters. The van der Waals surface area contributed by atoms with Crippen LogP contribution in [0.2, 0.25) is 0 Å². The van der Waals surface area contributed by atoms with Gasteiger partial charge in [0.25, 0.3) is 10.1 Å². The summed E-state index contributed by atoms with van der Waals surface area (Å²) >= 11 is 0. The highest BCUT2D eigenvalue weighted by Gasteiger charge is 2.66. The van der Waals surface area contributed by atoms with Gasteiger partial charge in [-0.05, 0) is 33.4 Å². The Morgan fingerprint density at radius 2 is 1.14 bits per heavy atom. The lowest BCUT2D eigenvalue weighted by Gasteiger charge is -2.49. The average molecular weight is 542 g/mol. The minimum atomic E-state index is -6.40. The van der Waals surface area contributed by atoms with Crippen LogP contribution in [0.1, 0.15) is 39.3 Å². The van der Waals surface area contributed by atoms with E-state index in [1.165, 1.54) is 36.4 Å². The first kappa shape index (κ1) is 25.3. The van der Waals surface area contributed by atoms with Gasteiger partial charge in [-0.3, -0.25) is 9.35 Å². The molecule has 0 amide bonds. The first-order valence-corrected chi connectivity index (χ1v) is 12.3. The lowest BCUT2D eigenvalue weighted by Crippen LogP contribution is -2.57. The topological polar surface area (TPSA) is 80.7 Å². The summed E-state index contributed by atoms with van der Waals surface area (Å²) in [6.07, 6.45) is -16.3. The van der Waals surface area contributed by atoms with E-state index in [1.54, 1.807) is 36.4 Å². The van der Waals surface area contributed by atoms with Crippen LogP contribution in [0.5, 0.6) is 0 Å². The van der Waals surface area contributed by atoms with Gasteiger partial charge < -0.3 is 4.74 Å². The van der Waals surface area contributed by atoms with Crippen molar-refractivity contribution in [3.05, 3.63) is 106 Å². The van der Waals surface area contributed by atoms with Crippen LogP contribution in [0.4, 0.5) is 26.3 Å². The number of carbonyl (C=O) groups excluding carboxylic acids is 1. The van der Waals surface area contributed by atoms with E-state index in [0.29, 0.717) is 16.7 Å². The Morgan fingerprint density at radius 1 is 0.757 bits per heavy atom. The smallest absolute Gasteiger partial charge is 0.427 e. The number of hydrogen-bond acceptors (Lipinski definition) is 4. The molecule has 6 rings (SSSR count). The molecule has 0 aliphatic heterocycles. The van der Waals surface area contributed by atoms with Gasteiger partial charge in [-0.15, -0.1) is 0 Å². The van der Waals surface area contributed by atoms with Crippen molar-refractivity contribution in [2.75, 3.05) is 0 Å². The monoisotopic (exact) mass is 542 g/mol. The van der Waals surface area contributed by atoms with Gasteiger partial charge in [-0.25, -0.2) is 0 Å². The van der Waals surface area contributed by atoms with Crippen LogP contribution < -0.4 is 0 Å². The predicted octanol–water partition coefficient (Wildman–Crippen LogP) is 5.12. The molecule has 3 aromatic carbocycles. The van der Waals surface area contributed by atoms with Crippen molar-refractivity contribution in [2.45, 2.75) is 35.0 Å². The lowest BCUT2D eigenvalue weighted by molar-refractivity contribution is -0.250. The molecule has 1 N–H and O–H groups in total. The highest BCUT2D eigenvalue weighted by atomic mass is 32.2. The maximum absolute atomic E-state index is 13.9. The molecule has 194 valence electrons. The number of rotatable bonds is 4. The van der Waals surface area contributed by atoms with Crippen molar-refractivity contribution in [1.29, 1.82) is 0 Å². The zero-order valence-electron chi connectivity index (χ0n) is 18.4. The van der Waals surface area contributed by atoms with Crippen LogP contribution in [0.25, 0.3) is 0 Å². The minimum Gasteiger partial charge on any atom is -0.450 e. The molecule has 3 aliphatic rings. The Bertz CT molecular complexity index is 1400. The largest absolute Gasteiger partial charge is 0.450 e. The molecule has 0 spiro atoms. The zero-order chi connectivity index (χ0) is 27.0. The molecular formula is C25H16F6O5S. The highest BCUT2D eigenvalue weighted by Crippen LogP contribution is 2.59. The Morgan fingerprint density at radius 3 is 1.46 bits per heavy atom. The van der Waals surface area contributed by atoms with Crippen molar-refractivity contribution in [1.82, 2.24) is 0 Å². The van der Waals surface area contributed by atoms with Gasteiger partial charge in [0.05, 0.1) is 0 Å². The van der Waals surface area contributed by atoms with E-state index in [9.17, 15) is 39.6 Å². The molecule has 12 heteroatoms. The predicted molar refractivity (Wildman–Crippen MR) is 117 cm³/mol. The first-order chi connectivity index (χ1) is 17.2. The van der Waals surface area contributed by atoms with Crippen LogP contribution in [0, 0.1) is 0 Å². The highest BCUT2D eigenvalue weighted by molar-refractivity contribution is 7.86. The van der Waals surface area contributed by atoms with Crippen molar-refractivity contribution in [2.24, 2.45) is 0 Å². The van der Waals surface area contributed by atoms with Gasteiger partial charge in [-0.2, -0.15) is 34.8 Å². The summed E-state index contributed by atoms with van der Waals surface area (Å²) < 4.78 is 119. The van der Waals surface area contributed by atoms with Gasteiger partial charge in [0.2, 0.25) is 11.4 Å². The summed E-state index contributed by atoms with van der Waals surface area (Å²) in [5.74, 6) is -2.16. The third-order valence-corrected chi connectivity index (χ3v) is 7.96. The fourth-order valence-electron chi connectivity index (χ4n) is 5.54. The van der Waals surface area contributed by atoms with Crippen molar-refractivity contribution in [3.63, 3.8) is 0 Å². The average Bonchev–Trinajstić information content (AvgIpc) is 2.81. The van der Waals surface area contributed by atoms with Crippen molar-refractivity contribution < 1.29 is 48.8 Å². The fourth-order valence-corrected chi connectivity index (χ4v) is 6.40. The Balaban J connectivity index is 1.78. The second kappa shape index (κ2) is 8.06. The molecule has 5 nitrogen and oxygen atoms in total. The number of esters is 1. The minimum absolute atomic E-state index is 0.207. The lowest BCUT2D eigenvalue weighted by atomic mass is 9.53. The maximum Gasteiger partial charge on any atom is 0.427 e. The first-order valence-electron chi connectivity index (χ1n) is 10.8. The van der Waals surface area contributed by atoms with Gasteiger partial charge in [0.15, 0.2) is 0 Å². The number of carbonyl (C=O) groups is 1. The van der Waals surface area contributed by atoms with Crippen molar-refractivity contribution in [3.8, 4) is 0 Å². The van der Waals surface area contributed by atoms with E-state index in [0.717, 1.165) is 0 Å². The molecule has 3 aromatic rings. The molecule has 0 saturated heterocycles. The summed E-state index contributed by atoms with van der Waals surface area (Å²) in [7, 11) is -6.40. The van der Waals surface area contributed by atoms with Gasteiger partial charge in [-0.1, -0.05) is 72.8 Å². The zero-order valence-corrected chi connectivity index (χ0v) is 19.2. The molecule has 0 radical (unpaired) electrons. The summed E-state index contributed by atoms with van der Waals surface area (Å²) in [5.41, 5.74) is 0.126. The van der Waals surface area contributed by atoms with Crippen LogP contribution in [-0.2, 0) is 25.1 Å². The van der Waals surface area contributed by atoms with Crippen LogP contribution >= 0.6 is 0 Å². The van der Waals surface area contributed by atoms with Gasteiger partial charge in [0, 0.05) is 5.92 Å². The Hall–Kier alpha value is -3.38. The Kier molecular flexibility index (Phi) is 5.50. The normalized spacial score (nSPS) is 21.9. The maximum atomic E-state index is 13.9. The molecule has 0 fully saturated rings. The third-order valence-electron chi connectivity index (χ3n) is 6.81. The SMILES string of the molecule is O=C(OC(C(C(F)(F)F)S(=O)(=O)O)C(F)(F)F)C12c3ccccc3C(c3ccccc31)c1ccccc12. The molecule has 37 heavy (non-hydrogen) atoms. The molecule has 3 aliphatic carbocycles. The number of ether oxygens (including phenoxy) is 1. The second-order valence-electron chi connectivity index (χ2n) is 8.79. The van der Waals surface area contributed by atoms with Crippen LogP contribution in [0.3, 0.4) is 0 Å². The molecule has 2 atom stereocenters. The molecular weight excluding hydrogens is 526 g/mol. The number of halogens is 6. The van der Waals surface area contributed by atoms with Crippen LogP contribution in [0.15, 0.2) is 72.8 Å². The van der Waals surface area contributed by atoms with Gasteiger partial charge in [0.1, 0.15) is 5.41 Å². The van der Waals surface area contributed by atoms with E-state index < -0.39 is 51.1 Å². The molecule has 2 bridgehead atoms. The summed E-state index contributed by atoms with van der Waals surface area (Å²) in [6, 6.07) is 18.9. The summed E-state index contributed by atoms with van der Waals surface area (Å²) in [5, 5.41) is -4.44. The van der Waals surface area contributed by atoms with E-state index in [-0.39, 0.29) is 16.7 Å². The molecule has 0 heterocycles. The second-order valence-corrected chi connectivity index (χ2v) is 10.3. The summed E-state index contributed by atoms with van der Waals surface area (Å²) in [6.45, 7) is 0. The van der Waals surface area contributed by atoms with Crippen LogP contribution in [-0.4, -0.2) is 42.6 Å². The van der Waals surface area contributed by atoms with E-state index in [4.69, 9.17) is 4.55 Å². The number of hydrogen-bond donors (Lipinski definition) is 1. The number of alkyl halides is 6. The third kappa shape index (κ3) is 3.64. The fraction of sp³-hybridized carbons (Fsp3) is 0.240. The summed E-state index contributed by atoms with van der Waals surface area (Å²) in [4.78, 5) is 13.9. The van der Waals surface area contributed by atoms with E-state index in [1.807, 2.05) is 0 Å². The standard InChI is InChI=1S/C25H16F6O5S/c26-24(27,28)20(21(25(29,30)31)37(33,34)35)36-22(32)23-16-10-4-1-7-13(16)19(14-8-2-5-11-17(14)23)15-9-3-6-12-18(15)23/h1-12,19-21H,(H,33,34,35). The van der Waals surface area contributed by atoms with Gasteiger partial charge >= 0.3 is 18.3 Å². The van der Waals surface area contributed by atoms with Crippen molar-refractivity contribution >= 4 is 16.1 Å². The molecule has 0 aromatic heterocycles. The number of benzene rings is 3.